The first-order valence-electron chi connectivity index (χ1n) is 4.66. The van der Waals surface area contributed by atoms with E-state index in [0.29, 0.717) is 0 Å². The highest BCUT2D eigenvalue weighted by Crippen LogP contribution is 2.19. The highest BCUT2D eigenvalue weighted by molar-refractivity contribution is 5.62. The maximum Gasteiger partial charge on any atom is 0.325 e. The van der Waals surface area contributed by atoms with Crippen molar-refractivity contribution < 1.29 is 4.39 Å². The molecule has 0 radical (unpaired) electrons. The second kappa shape index (κ2) is 3.77. The molecule has 0 aliphatic carbocycles. The molecule has 2 N–H and O–H groups in total. The van der Waals surface area contributed by atoms with Crippen molar-refractivity contribution in [3.8, 4) is 11.1 Å². The summed E-state index contributed by atoms with van der Waals surface area (Å²) >= 11 is 0. The van der Waals surface area contributed by atoms with E-state index in [1.807, 2.05) is 0 Å². The van der Waals surface area contributed by atoms with Gasteiger partial charge in [0.1, 0.15) is 5.82 Å². The molecule has 0 atom stereocenters. The average Bonchev–Trinajstić information content (AvgIpc) is 2.22. The van der Waals surface area contributed by atoms with E-state index in [1.54, 1.807) is 19.1 Å². The van der Waals surface area contributed by atoms with Gasteiger partial charge in [-0.3, -0.25) is 9.78 Å². The summed E-state index contributed by atoms with van der Waals surface area (Å²) in [5.74, 6) is -0.497. The molecule has 0 saturated heterocycles. The normalized spacial score (nSPS) is 10.4. The minimum Gasteiger partial charge on any atom is -0.313 e. The fourth-order valence-electron chi connectivity index (χ4n) is 1.46. The summed E-state index contributed by atoms with van der Waals surface area (Å²) in [6.07, 6.45) is 1.21. The summed E-state index contributed by atoms with van der Waals surface area (Å²) in [5, 5.41) is 0. The summed E-state index contributed by atoms with van der Waals surface area (Å²) in [6, 6.07) is 4.45. The molecule has 0 aliphatic heterocycles. The van der Waals surface area contributed by atoms with Crippen LogP contribution in [0, 0.1) is 12.7 Å². The fourth-order valence-corrected chi connectivity index (χ4v) is 1.46. The zero-order chi connectivity index (χ0) is 11.7. The van der Waals surface area contributed by atoms with Crippen LogP contribution in [-0.4, -0.2) is 9.97 Å². The number of hydrogen-bond acceptors (Lipinski definition) is 2. The van der Waals surface area contributed by atoms with Gasteiger partial charge in [0.05, 0.1) is 5.56 Å². The van der Waals surface area contributed by atoms with Crippen LogP contribution in [0.1, 0.15) is 5.56 Å². The standard InChI is InChI=1S/C11H9FN2O2/c1-6-2-3-9(12)7(4-6)8-5-13-11(16)14-10(8)15/h2-5H,1H3,(H2,13,14,15,16). The minimum atomic E-state index is -0.609. The van der Waals surface area contributed by atoms with Crippen molar-refractivity contribution in [2.45, 2.75) is 6.92 Å². The van der Waals surface area contributed by atoms with Gasteiger partial charge in [-0.1, -0.05) is 11.6 Å². The van der Waals surface area contributed by atoms with Crippen LogP contribution in [0.5, 0.6) is 0 Å². The van der Waals surface area contributed by atoms with Gasteiger partial charge in [0.15, 0.2) is 0 Å². The van der Waals surface area contributed by atoms with E-state index in [-0.39, 0.29) is 11.1 Å². The molecule has 16 heavy (non-hydrogen) atoms. The van der Waals surface area contributed by atoms with Gasteiger partial charge in [-0.2, -0.15) is 0 Å². The monoisotopic (exact) mass is 220 g/mol. The van der Waals surface area contributed by atoms with E-state index < -0.39 is 17.1 Å². The molecule has 5 heteroatoms. The van der Waals surface area contributed by atoms with Gasteiger partial charge in [-0.05, 0) is 19.1 Å². The fraction of sp³-hybridized carbons (Fsp3) is 0.0909. The van der Waals surface area contributed by atoms with Crippen molar-refractivity contribution in [1.82, 2.24) is 9.97 Å². The van der Waals surface area contributed by atoms with E-state index in [2.05, 4.69) is 9.97 Å². The van der Waals surface area contributed by atoms with E-state index in [9.17, 15) is 14.0 Å². The third kappa shape index (κ3) is 1.79. The summed E-state index contributed by atoms with van der Waals surface area (Å²) < 4.78 is 13.5. The summed E-state index contributed by atoms with van der Waals surface area (Å²) in [6.45, 7) is 1.79. The van der Waals surface area contributed by atoms with Crippen molar-refractivity contribution in [2.24, 2.45) is 0 Å². The van der Waals surface area contributed by atoms with Gasteiger partial charge in [0.2, 0.25) is 0 Å². The Labute approximate surface area is 89.8 Å². The van der Waals surface area contributed by atoms with Crippen molar-refractivity contribution in [1.29, 1.82) is 0 Å². The quantitative estimate of drug-likeness (QED) is 0.757. The molecule has 0 spiro atoms. The smallest absolute Gasteiger partial charge is 0.313 e. The number of benzene rings is 1. The van der Waals surface area contributed by atoms with E-state index in [4.69, 9.17) is 0 Å². The number of aryl methyl sites for hydroxylation is 1. The van der Waals surface area contributed by atoms with Crippen LogP contribution in [0.3, 0.4) is 0 Å². The maximum atomic E-state index is 13.5. The third-order valence-electron chi connectivity index (χ3n) is 2.23. The molecule has 0 amide bonds. The van der Waals surface area contributed by atoms with Gasteiger partial charge in [0.25, 0.3) is 5.56 Å². The number of aromatic nitrogens is 2. The van der Waals surface area contributed by atoms with Gasteiger partial charge >= 0.3 is 5.69 Å². The third-order valence-corrected chi connectivity index (χ3v) is 2.23. The number of nitrogens with one attached hydrogen (secondary N) is 2. The second-order valence-electron chi connectivity index (χ2n) is 3.47. The summed E-state index contributed by atoms with van der Waals surface area (Å²) in [4.78, 5) is 26.6. The van der Waals surface area contributed by atoms with E-state index in [1.165, 1.54) is 12.3 Å². The molecular formula is C11H9FN2O2. The molecule has 2 rings (SSSR count). The molecule has 1 aromatic carbocycles. The van der Waals surface area contributed by atoms with Crippen LogP contribution in [0.2, 0.25) is 0 Å². The van der Waals surface area contributed by atoms with Crippen LogP contribution in [0.4, 0.5) is 4.39 Å². The lowest BCUT2D eigenvalue weighted by atomic mass is 10.1. The second-order valence-corrected chi connectivity index (χ2v) is 3.47. The average molecular weight is 220 g/mol. The van der Waals surface area contributed by atoms with Crippen molar-refractivity contribution in [3.05, 3.63) is 56.6 Å². The first-order valence-corrected chi connectivity index (χ1v) is 4.66. The Morgan fingerprint density at radius 1 is 1.19 bits per heavy atom. The van der Waals surface area contributed by atoms with Crippen molar-refractivity contribution in [3.63, 3.8) is 0 Å². The van der Waals surface area contributed by atoms with Crippen molar-refractivity contribution >= 4 is 0 Å². The molecule has 0 unspecified atom stereocenters. The van der Waals surface area contributed by atoms with Gasteiger partial charge in [0, 0.05) is 11.8 Å². The first-order chi connectivity index (χ1) is 7.58. The molecule has 4 nitrogen and oxygen atoms in total. The Morgan fingerprint density at radius 2 is 1.94 bits per heavy atom. The number of aromatic amines is 2. The Bertz CT molecular complexity index is 643. The largest absolute Gasteiger partial charge is 0.325 e. The number of hydrogen-bond donors (Lipinski definition) is 2. The Hall–Kier alpha value is -2.17. The topological polar surface area (TPSA) is 65.7 Å². The molecular weight excluding hydrogens is 211 g/mol. The van der Waals surface area contributed by atoms with Crippen LogP contribution in [0.15, 0.2) is 34.0 Å². The van der Waals surface area contributed by atoms with Gasteiger partial charge < -0.3 is 4.98 Å². The minimum absolute atomic E-state index is 0.112. The van der Waals surface area contributed by atoms with E-state index in [0.717, 1.165) is 5.56 Å². The summed E-state index contributed by atoms with van der Waals surface area (Å²) in [7, 11) is 0. The molecule has 2 aromatic rings. The molecule has 0 saturated carbocycles. The number of halogens is 1. The molecule has 0 aliphatic rings. The SMILES string of the molecule is Cc1ccc(F)c(-c2c[nH]c(=O)[nH]c2=O)c1. The Kier molecular flexibility index (Phi) is 2.44. The zero-order valence-corrected chi connectivity index (χ0v) is 8.50. The van der Waals surface area contributed by atoms with Crippen LogP contribution in [0.25, 0.3) is 11.1 Å². The van der Waals surface area contributed by atoms with Crippen LogP contribution in [-0.2, 0) is 0 Å². The van der Waals surface area contributed by atoms with E-state index >= 15 is 0 Å². The highest BCUT2D eigenvalue weighted by atomic mass is 19.1. The molecule has 1 heterocycles. The van der Waals surface area contributed by atoms with Crippen LogP contribution < -0.4 is 11.2 Å². The highest BCUT2D eigenvalue weighted by Gasteiger charge is 2.09. The number of rotatable bonds is 1. The zero-order valence-electron chi connectivity index (χ0n) is 8.50. The Morgan fingerprint density at radius 3 is 2.62 bits per heavy atom. The van der Waals surface area contributed by atoms with Crippen LogP contribution >= 0.6 is 0 Å². The lowest BCUT2D eigenvalue weighted by Crippen LogP contribution is -2.22. The van der Waals surface area contributed by atoms with Crippen molar-refractivity contribution in [2.75, 3.05) is 0 Å². The van der Waals surface area contributed by atoms with Gasteiger partial charge in [-0.15, -0.1) is 0 Å². The predicted octanol–water partition coefficient (Wildman–Crippen LogP) is 1.18. The first kappa shape index (κ1) is 10.4. The summed E-state index contributed by atoms with van der Waals surface area (Å²) in [5.41, 5.74) is -0.0876. The molecule has 1 aromatic heterocycles. The lowest BCUT2D eigenvalue weighted by Gasteiger charge is -2.02. The molecule has 82 valence electrons. The predicted molar refractivity (Wildman–Crippen MR) is 57.8 cm³/mol. The molecule has 0 bridgehead atoms. The lowest BCUT2D eigenvalue weighted by molar-refractivity contribution is 0.630. The number of H-pyrrole nitrogens is 2. The Balaban J connectivity index is 2.72. The molecule has 0 fully saturated rings. The maximum absolute atomic E-state index is 13.5. The van der Waals surface area contributed by atoms with Gasteiger partial charge in [-0.25, -0.2) is 9.18 Å².